The topological polar surface area (TPSA) is 78.9 Å². The van der Waals surface area contributed by atoms with Gasteiger partial charge in [-0.3, -0.25) is 9.59 Å². The molecule has 1 aliphatic heterocycles. The number of amides is 2. The van der Waals surface area contributed by atoms with Gasteiger partial charge in [0.2, 0.25) is 5.91 Å². The van der Waals surface area contributed by atoms with Crippen LogP contribution in [0.3, 0.4) is 0 Å². The summed E-state index contributed by atoms with van der Waals surface area (Å²) in [4.78, 5) is 25.0. The van der Waals surface area contributed by atoms with E-state index in [9.17, 15) is 23.5 Å². The molecule has 6 nitrogen and oxygen atoms in total. The molecule has 0 saturated carbocycles. The SMILES string of the molecule is CC(=O)N1CC[C@@H](NC(=O)c2ccccc2OC(F)F)[C@H](O)C1. The number of aliphatic hydroxyl groups is 1. The first kappa shape index (κ1) is 17.1. The zero-order valence-corrected chi connectivity index (χ0v) is 12.5. The number of carbonyl (C=O) groups is 2. The van der Waals surface area contributed by atoms with Crippen LogP contribution in [0.1, 0.15) is 23.7 Å². The molecule has 126 valence electrons. The Morgan fingerprint density at radius 3 is 2.70 bits per heavy atom. The number of piperidine rings is 1. The normalized spacial score (nSPS) is 21.2. The van der Waals surface area contributed by atoms with E-state index in [0.29, 0.717) is 13.0 Å². The Labute approximate surface area is 132 Å². The van der Waals surface area contributed by atoms with Crippen molar-refractivity contribution in [2.75, 3.05) is 13.1 Å². The van der Waals surface area contributed by atoms with E-state index in [-0.39, 0.29) is 23.8 Å². The summed E-state index contributed by atoms with van der Waals surface area (Å²) in [6.07, 6.45) is -0.538. The van der Waals surface area contributed by atoms with Gasteiger partial charge < -0.3 is 20.1 Å². The minimum absolute atomic E-state index is 0.0333. The summed E-state index contributed by atoms with van der Waals surface area (Å²) in [5, 5.41) is 12.6. The zero-order chi connectivity index (χ0) is 17.0. The first-order chi connectivity index (χ1) is 10.9. The number of hydrogen-bond donors (Lipinski definition) is 2. The van der Waals surface area contributed by atoms with E-state index in [2.05, 4.69) is 10.1 Å². The van der Waals surface area contributed by atoms with Crippen molar-refractivity contribution in [3.63, 3.8) is 0 Å². The van der Waals surface area contributed by atoms with Crippen LogP contribution in [-0.2, 0) is 4.79 Å². The summed E-state index contributed by atoms with van der Waals surface area (Å²) in [7, 11) is 0. The smallest absolute Gasteiger partial charge is 0.387 e. The van der Waals surface area contributed by atoms with Gasteiger partial charge in [0.1, 0.15) is 5.75 Å². The Bertz CT molecular complexity index is 582. The monoisotopic (exact) mass is 328 g/mol. The number of benzene rings is 1. The lowest BCUT2D eigenvalue weighted by Gasteiger charge is -2.35. The molecular formula is C15H18F2N2O4. The van der Waals surface area contributed by atoms with E-state index in [1.807, 2.05) is 0 Å². The standard InChI is InChI=1S/C15H18F2N2O4/c1-9(20)19-7-6-11(12(21)8-19)18-14(22)10-4-2-3-5-13(10)23-15(16)17/h2-5,11-12,15,21H,6-8H2,1H3,(H,18,22)/t11-,12-/m1/s1. The summed E-state index contributed by atoms with van der Waals surface area (Å²) < 4.78 is 29.1. The largest absolute Gasteiger partial charge is 0.434 e. The number of carbonyl (C=O) groups excluding carboxylic acids is 2. The number of para-hydroxylation sites is 1. The van der Waals surface area contributed by atoms with Crippen molar-refractivity contribution in [1.82, 2.24) is 10.2 Å². The molecule has 23 heavy (non-hydrogen) atoms. The van der Waals surface area contributed by atoms with E-state index in [1.54, 1.807) is 0 Å². The van der Waals surface area contributed by atoms with E-state index < -0.39 is 24.7 Å². The second-order valence-electron chi connectivity index (χ2n) is 5.28. The Morgan fingerprint density at radius 2 is 2.09 bits per heavy atom. The maximum Gasteiger partial charge on any atom is 0.387 e. The molecule has 1 fully saturated rings. The fourth-order valence-corrected chi connectivity index (χ4v) is 2.49. The van der Waals surface area contributed by atoms with E-state index in [4.69, 9.17) is 0 Å². The first-order valence-electron chi connectivity index (χ1n) is 7.16. The number of rotatable bonds is 4. The number of hydrogen-bond acceptors (Lipinski definition) is 4. The lowest BCUT2D eigenvalue weighted by molar-refractivity contribution is -0.132. The number of halogens is 2. The van der Waals surface area contributed by atoms with Gasteiger partial charge in [0, 0.05) is 20.0 Å². The molecular weight excluding hydrogens is 310 g/mol. The van der Waals surface area contributed by atoms with Gasteiger partial charge in [0.15, 0.2) is 0 Å². The van der Waals surface area contributed by atoms with Crippen LogP contribution < -0.4 is 10.1 Å². The van der Waals surface area contributed by atoms with Crippen LogP contribution in [0.4, 0.5) is 8.78 Å². The molecule has 8 heteroatoms. The number of aliphatic hydroxyl groups excluding tert-OH is 1. The summed E-state index contributed by atoms with van der Waals surface area (Å²) in [6.45, 7) is -1.10. The van der Waals surface area contributed by atoms with Crippen LogP contribution >= 0.6 is 0 Å². The van der Waals surface area contributed by atoms with Gasteiger partial charge in [-0.1, -0.05) is 12.1 Å². The molecule has 0 radical (unpaired) electrons. The minimum Gasteiger partial charge on any atom is -0.434 e. The van der Waals surface area contributed by atoms with Crippen LogP contribution in [0.25, 0.3) is 0 Å². The second kappa shape index (κ2) is 7.36. The molecule has 1 aliphatic rings. The number of ether oxygens (including phenoxy) is 1. The maximum atomic E-state index is 12.4. The van der Waals surface area contributed by atoms with Crippen molar-refractivity contribution in [2.24, 2.45) is 0 Å². The fourth-order valence-electron chi connectivity index (χ4n) is 2.49. The maximum absolute atomic E-state index is 12.4. The molecule has 0 unspecified atom stereocenters. The minimum atomic E-state index is -3.03. The quantitative estimate of drug-likeness (QED) is 0.864. The third-order valence-corrected chi connectivity index (χ3v) is 3.69. The number of nitrogens with zero attached hydrogens (tertiary/aromatic N) is 1. The second-order valence-corrected chi connectivity index (χ2v) is 5.28. The Hall–Kier alpha value is -2.22. The van der Waals surface area contributed by atoms with Crippen molar-refractivity contribution >= 4 is 11.8 Å². The summed E-state index contributed by atoms with van der Waals surface area (Å²) in [5.41, 5.74) is -0.0333. The molecule has 0 aliphatic carbocycles. The van der Waals surface area contributed by atoms with Crippen LogP contribution in [0, 0.1) is 0 Å². The highest BCUT2D eigenvalue weighted by Gasteiger charge is 2.30. The predicted molar refractivity (Wildman–Crippen MR) is 77.2 cm³/mol. The van der Waals surface area contributed by atoms with Crippen molar-refractivity contribution in [2.45, 2.75) is 32.1 Å². The van der Waals surface area contributed by atoms with Gasteiger partial charge >= 0.3 is 6.61 Å². The number of alkyl halides is 2. The van der Waals surface area contributed by atoms with Crippen LogP contribution in [-0.4, -0.2) is 53.7 Å². The summed E-state index contributed by atoms with van der Waals surface area (Å²) in [5.74, 6) is -0.984. The average molecular weight is 328 g/mol. The molecule has 0 aromatic heterocycles. The number of likely N-dealkylation sites (tertiary alicyclic amines) is 1. The third kappa shape index (κ3) is 4.38. The van der Waals surface area contributed by atoms with Crippen LogP contribution in [0.5, 0.6) is 5.75 Å². The summed E-state index contributed by atoms with van der Waals surface area (Å²) >= 11 is 0. The predicted octanol–water partition coefficient (Wildman–Crippen LogP) is 0.999. The fraction of sp³-hybridized carbons (Fsp3) is 0.467. The molecule has 1 saturated heterocycles. The van der Waals surface area contributed by atoms with Gasteiger partial charge in [-0.25, -0.2) is 0 Å². The van der Waals surface area contributed by atoms with E-state index in [0.717, 1.165) is 0 Å². The lowest BCUT2D eigenvalue weighted by Crippen LogP contribution is -2.55. The molecule has 1 aromatic rings. The average Bonchev–Trinajstić information content (AvgIpc) is 2.49. The van der Waals surface area contributed by atoms with Crippen molar-refractivity contribution in [3.05, 3.63) is 29.8 Å². The highest BCUT2D eigenvalue weighted by Crippen LogP contribution is 2.21. The summed E-state index contributed by atoms with van der Waals surface area (Å²) in [6, 6.07) is 5.09. The highest BCUT2D eigenvalue weighted by molar-refractivity contribution is 5.97. The van der Waals surface area contributed by atoms with E-state index in [1.165, 1.54) is 36.1 Å². The molecule has 0 spiro atoms. The third-order valence-electron chi connectivity index (χ3n) is 3.69. The Morgan fingerprint density at radius 1 is 1.39 bits per heavy atom. The van der Waals surface area contributed by atoms with Crippen molar-refractivity contribution in [1.29, 1.82) is 0 Å². The van der Waals surface area contributed by atoms with Gasteiger partial charge in [-0.2, -0.15) is 8.78 Å². The lowest BCUT2D eigenvalue weighted by atomic mass is 10.0. The van der Waals surface area contributed by atoms with Crippen LogP contribution in [0.15, 0.2) is 24.3 Å². The zero-order valence-electron chi connectivity index (χ0n) is 12.5. The molecule has 2 atom stereocenters. The van der Waals surface area contributed by atoms with E-state index >= 15 is 0 Å². The van der Waals surface area contributed by atoms with Crippen molar-refractivity contribution < 1.29 is 28.2 Å². The molecule has 0 bridgehead atoms. The van der Waals surface area contributed by atoms with Crippen molar-refractivity contribution in [3.8, 4) is 5.75 Å². The Balaban J connectivity index is 2.04. The molecule has 1 heterocycles. The van der Waals surface area contributed by atoms with Gasteiger partial charge in [0.05, 0.1) is 17.7 Å². The van der Waals surface area contributed by atoms with Crippen LogP contribution in [0.2, 0.25) is 0 Å². The van der Waals surface area contributed by atoms with Gasteiger partial charge in [0.25, 0.3) is 5.91 Å². The molecule has 1 aromatic carbocycles. The highest BCUT2D eigenvalue weighted by atomic mass is 19.3. The molecule has 2 rings (SSSR count). The number of nitrogens with one attached hydrogen (secondary N) is 1. The molecule has 2 amide bonds. The first-order valence-corrected chi connectivity index (χ1v) is 7.16. The molecule has 2 N–H and O–H groups in total. The van der Waals surface area contributed by atoms with Gasteiger partial charge in [-0.15, -0.1) is 0 Å². The van der Waals surface area contributed by atoms with Gasteiger partial charge in [-0.05, 0) is 18.6 Å². The Kier molecular flexibility index (Phi) is 5.49. The number of β-amino-alcohol motifs (C(OH)–C–C–N with tert-alkyl or cyclic N) is 1.